The van der Waals surface area contributed by atoms with Crippen LogP contribution in [0.4, 0.5) is 4.79 Å². The molecule has 33 heavy (non-hydrogen) atoms. The number of hydrogen-bond donors (Lipinski definition) is 1. The van der Waals surface area contributed by atoms with Gasteiger partial charge in [-0.1, -0.05) is 97.9 Å². The number of ether oxygens (including phenoxy) is 1. The predicted molar refractivity (Wildman–Crippen MR) is 128 cm³/mol. The maximum atomic E-state index is 13.2. The molecule has 3 aromatic rings. The quantitative estimate of drug-likeness (QED) is 0.446. The second kappa shape index (κ2) is 10.8. The molecule has 0 aliphatic carbocycles. The molecule has 4 rings (SSSR count). The summed E-state index contributed by atoms with van der Waals surface area (Å²) in [7, 11) is 0. The first kappa shape index (κ1) is 22.6. The Labute approximate surface area is 195 Å². The summed E-state index contributed by atoms with van der Waals surface area (Å²) in [5.41, 5.74) is 3.18. The molecule has 1 aliphatic rings. The second-order valence-corrected chi connectivity index (χ2v) is 8.46. The Morgan fingerprint density at radius 1 is 0.909 bits per heavy atom. The van der Waals surface area contributed by atoms with Gasteiger partial charge in [0.25, 0.3) is 0 Å². The van der Waals surface area contributed by atoms with E-state index < -0.39 is 6.09 Å². The lowest BCUT2D eigenvalue weighted by Gasteiger charge is -2.48. The highest BCUT2D eigenvalue weighted by Crippen LogP contribution is 2.43. The molecule has 0 saturated carbocycles. The van der Waals surface area contributed by atoms with Crippen molar-refractivity contribution in [3.05, 3.63) is 108 Å². The van der Waals surface area contributed by atoms with Crippen LogP contribution >= 0.6 is 0 Å². The number of amides is 2. The number of likely N-dealkylation sites (tertiary alicyclic amines) is 1. The molecule has 1 fully saturated rings. The largest absolute Gasteiger partial charge is 0.445 e. The number of benzene rings is 3. The van der Waals surface area contributed by atoms with Crippen LogP contribution in [0.2, 0.25) is 0 Å². The summed E-state index contributed by atoms with van der Waals surface area (Å²) < 4.78 is 5.39. The molecule has 3 atom stereocenters. The summed E-state index contributed by atoms with van der Waals surface area (Å²) in [4.78, 5) is 27.5. The van der Waals surface area contributed by atoms with Crippen LogP contribution in [-0.2, 0) is 22.7 Å². The lowest BCUT2D eigenvalue weighted by molar-refractivity contribution is -0.159. The molecule has 0 spiro atoms. The van der Waals surface area contributed by atoms with Crippen LogP contribution in [0, 0.1) is 5.92 Å². The number of rotatable bonds is 9. The zero-order chi connectivity index (χ0) is 23.0. The summed E-state index contributed by atoms with van der Waals surface area (Å²) in [6.45, 7) is 2.83. The number of β-lactam (4-membered cyclic amide) rings is 1. The van der Waals surface area contributed by atoms with E-state index in [0.29, 0.717) is 13.0 Å². The summed E-state index contributed by atoms with van der Waals surface area (Å²) in [6.07, 6.45) is 0.861. The van der Waals surface area contributed by atoms with E-state index in [4.69, 9.17) is 4.74 Å². The van der Waals surface area contributed by atoms with Crippen molar-refractivity contribution in [2.24, 2.45) is 5.92 Å². The molecule has 1 N–H and O–H groups in total. The van der Waals surface area contributed by atoms with Gasteiger partial charge in [-0.25, -0.2) is 4.79 Å². The average Bonchev–Trinajstić information content (AvgIpc) is 2.87. The number of hydrogen-bond acceptors (Lipinski definition) is 3. The second-order valence-electron chi connectivity index (χ2n) is 8.46. The smallest absolute Gasteiger partial charge is 0.407 e. The van der Waals surface area contributed by atoms with Crippen molar-refractivity contribution in [2.45, 2.75) is 45.0 Å². The van der Waals surface area contributed by atoms with Gasteiger partial charge in [0.15, 0.2) is 0 Å². The van der Waals surface area contributed by atoms with Gasteiger partial charge in [0.2, 0.25) is 5.91 Å². The molecule has 0 radical (unpaired) electrons. The fourth-order valence-electron chi connectivity index (χ4n) is 4.43. The van der Waals surface area contributed by atoms with Crippen LogP contribution in [-0.4, -0.2) is 22.9 Å². The predicted octanol–water partition coefficient (Wildman–Crippen LogP) is 5.48. The van der Waals surface area contributed by atoms with Gasteiger partial charge >= 0.3 is 6.09 Å². The summed E-state index contributed by atoms with van der Waals surface area (Å²) in [5.74, 6) is -0.0407. The molecule has 170 valence electrons. The Morgan fingerprint density at radius 3 is 2.09 bits per heavy atom. The van der Waals surface area contributed by atoms with E-state index in [1.54, 1.807) is 0 Å². The summed E-state index contributed by atoms with van der Waals surface area (Å²) >= 11 is 0. The third-order valence-corrected chi connectivity index (χ3v) is 6.22. The molecular weight excluding hydrogens is 412 g/mol. The van der Waals surface area contributed by atoms with Crippen LogP contribution in [0.15, 0.2) is 91.0 Å². The molecule has 0 aromatic heterocycles. The lowest BCUT2D eigenvalue weighted by atomic mass is 9.78. The van der Waals surface area contributed by atoms with E-state index in [-0.39, 0.29) is 30.5 Å². The van der Waals surface area contributed by atoms with Gasteiger partial charge in [0.1, 0.15) is 6.61 Å². The van der Waals surface area contributed by atoms with Crippen molar-refractivity contribution in [1.29, 1.82) is 0 Å². The Kier molecular flexibility index (Phi) is 7.40. The number of carbonyl (C=O) groups is 2. The third-order valence-electron chi connectivity index (χ3n) is 6.22. The first-order valence-electron chi connectivity index (χ1n) is 11.5. The van der Waals surface area contributed by atoms with E-state index in [1.807, 2.05) is 90.7 Å². The minimum Gasteiger partial charge on any atom is -0.445 e. The number of nitrogens with one attached hydrogen (secondary N) is 1. The van der Waals surface area contributed by atoms with Gasteiger partial charge in [-0.15, -0.1) is 0 Å². The van der Waals surface area contributed by atoms with Crippen LogP contribution in [0.25, 0.3) is 0 Å². The highest BCUT2D eigenvalue weighted by Gasteiger charge is 2.48. The van der Waals surface area contributed by atoms with E-state index in [9.17, 15) is 9.59 Å². The van der Waals surface area contributed by atoms with E-state index in [0.717, 1.165) is 23.1 Å². The average molecular weight is 443 g/mol. The maximum absolute atomic E-state index is 13.2. The molecule has 5 heteroatoms. The Bertz CT molecular complexity index is 1040. The van der Waals surface area contributed by atoms with Gasteiger partial charge in [-0.2, -0.15) is 0 Å². The van der Waals surface area contributed by atoms with Crippen molar-refractivity contribution in [2.75, 3.05) is 0 Å². The van der Waals surface area contributed by atoms with Crippen LogP contribution in [0.3, 0.4) is 0 Å². The minimum absolute atomic E-state index is 0.00454. The number of alkyl carbamates (subject to hydrolysis) is 1. The summed E-state index contributed by atoms with van der Waals surface area (Å²) in [6, 6.07) is 29.7. The molecule has 3 aromatic carbocycles. The van der Waals surface area contributed by atoms with Crippen molar-refractivity contribution in [3.8, 4) is 0 Å². The van der Waals surface area contributed by atoms with Crippen molar-refractivity contribution in [1.82, 2.24) is 10.2 Å². The van der Waals surface area contributed by atoms with Crippen molar-refractivity contribution in [3.63, 3.8) is 0 Å². The SMILES string of the molecule is CC[C@@H](C[C@@H]1C(=O)N(Cc2ccccc2)[C@@H]1c1ccccc1)NC(=O)OCc1ccccc1. The van der Waals surface area contributed by atoms with Crippen molar-refractivity contribution < 1.29 is 14.3 Å². The fourth-order valence-corrected chi connectivity index (χ4v) is 4.43. The molecule has 1 saturated heterocycles. The van der Waals surface area contributed by atoms with E-state index >= 15 is 0 Å². The molecule has 1 aliphatic heterocycles. The Hall–Kier alpha value is -3.60. The standard InChI is InChI=1S/C28H30N2O3/c1-2-24(29-28(32)33-20-22-14-8-4-9-15-22)18-25-26(23-16-10-5-11-17-23)30(27(25)31)19-21-12-6-3-7-13-21/h3-17,24-26H,2,18-20H2,1H3,(H,29,32)/t24-,25-,26+/m0/s1. The highest BCUT2D eigenvalue weighted by molar-refractivity contribution is 5.86. The molecule has 1 heterocycles. The van der Waals surface area contributed by atoms with Gasteiger partial charge in [-0.05, 0) is 29.5 Å². The zero-order valence-electron chi connectivity index (χ0n) is 18.9. The number of nitrogens with zero attached hydrogens (tertiary/aromatic N) is 1. The third kappa shape index (κ3) is 5.61. The van der Waals surface area contributed by atoms with Gasteiger partial charge in [0.05, 0.1) is 12.0 Å². The van der Waals surface area contributed by atoms with Gasteiger partial charge < -0.3 is 15.0 Å². The minimum atomic E-state index is -0.449. The normalized spacial score (nSPS) is 18.3. The highest BCUT2D eigenvalue weighted by atomic mass is 16.5. The van der Waals surface area contributed by atoms with Crippen molar-refractivity contribution >= 4 is 12.0 Å². The lowest BCUT2D eigenvalue weighted by Crippen LogP contribution is -2.56. The zero-order valence-corrected chi connectivity index (χ0v) is 18.9. The first-order valence-corrected chi connectivity index (χ1v) is 11.5. The fraction of sp³-hybridized carbons (Fsp3) is 0.286. The maximum Gasteiger partial charge on any atom is 0.407 e. The first-order chi connectivity index (χ1) is 16.2. The van der Waals surface area contributed by atoms with Gasteiger partial charge in [-0.3, -0.25) is 4.79 Å². The van der Waals surface area contributed by atoms with Crippen LogP contribution in [0.5, 0.6) is 0 Å². The molecule has 0 unspecified atom stereocenters. The van der Waals surface area contributed by atoms with Crippen LogP contribution in [0.1, 0.15) is 42.5 Å². The van der Waals surface area contributed by atoms with E-state index in [1.165, 1.54) is 0 Å². The van der Waals surface area contributed by atoms with Crippen LogP contribution < -0.4 is 5.32 Å². The topological polar surface area (TPSA) is 58.6 Å². The molecule has 5 nitrogen and oxygen atoms in total. The van der Waals surface area contributed by atoms with E-state index in [2.05, 4.69) is 17.4 Å². The monoisotopic (exact) mass is 442 g/mol. The molecule has 2 amide bonds. The Morgan fingerprint density at radius 2 is 1.48 bits per heavy atom. The molecular formula is C28H30N2O3. The molecule has 0 bridgehead atoms. The summed E-state index contributed by atoms with van der Waals surface area (Å²) in [5, 5.41) is 2.96. The number of carbonyl (C=O) groups excluding carboxylic acids is 2. The Balaban J connectivity index is 1.41. The van der Waals surface area contributed by atoms with Gasteiger partial charge in [0, 0.05) is 12.6 Å².